The molecule has 88 valence electrons. The molecular formula is C10H17N5O. The van der Waals surface area contributed by atoms with Gasteiger partial charge in [-0.25, -0.2) is 0 Å². The van der Waals surface area contributed by atoms with Gasteiger partial charge in [0, 0.05) is 45.3 Å². The molecule has 2 saturated heterocycles. The van der Waals surface area contributed by atoms with Crippen molar-refractivity contribution in [1.29, 1.82) is 0 Å². The van der Waals surface area contributed by atoms with E-state index >= 15 is 0 Å². The third kappa shape index (κ3) is 2.09. The average Bonchev–Trinajstić information content (AvgIpc) is 2.77. The van der Waals surface area contributed by atoms with Crippen LogP contribution in [0.3, 0.4) is 0 Å². The van der Waals surface area contributed by atoms with Crippen molar-refractivity contribution < 1.29 is 4.52 Å². The molecule has 1 N–H and O–H groups in total. The van der Waals surface area contributed by atoms with Gasteiger partial charge in [-0.3, -0.25) is 9.80 Å². The molecule has 1 aromatic rings. The molecule has 0 atom stereocenters. The predicted octanol–water partition coefficient (Wildman–Crippen LogP) is -0.841. The van der Waals surface area contributed by atoms with Gasteiger partial charge in [0.15, 0.2) is 5.82 Å². The van der Waals surface area contributed by atoms with E-state index in [-0.39, 0.29) is 0 Å². The molecular weight excluding hydrogens is 206 g/mol. The SMILES string of the molecule is c1nc(CN2CC(N3CCNCC3)C2)no1. The van der Waals surface area contributed by atoms with Crippen LogP contribution in [0.15, 0.2) is 10.9 Å². The minimum atomic E-state index is 0.731. The van der Waals surface area contributed by atoms with Crippen LogP contribution in [0, 0.1) is 0 Å². The first kappa shape index (κ1) is 10.2. The Hall–Kier alpha value is -0.980. The number of likely N-dealkylation sites (tertiary alicyclic amines) is 1. The van der Waals surface area contributed by atoms with Crippen molar-refractivity contribution >= 4 is 0 Å². The van der Waals surface area contributed by atoms with E-state index in [9.17, 15) is 0 Å². The molecule has 2 aliphatic rings. The lowest BCUT2D eigenvalue weighted by Crippen LogP contribution is -2.62. The summed E-state index contributed by atoms with van der Waals surface area (Å²) in [6.45, 7) is 7.70. The van der Waals surface area contributed by atoms with Gasteiger partial charge in [-0.2, -0.15) is 4.98 Å². The van der Waals surface area contributed by atoms with Gasteiger partial charge in [-0.05, 0) is 0 Å². The largest absolute Gasteiger partial charge is 0.343 e. The van der Waals surface area contributed by atoms with Gasteiger partial charge in [0.05, 0.1) is 6.54 Å². The summed E-state index contributed by atoms with van der Waals surface area (Å²) in [4.78, 5) is 8.96. The highest BCUT2D eigenvalue weighted by molar-refractivity contribution is 4.92. The molecule has 2 fully saturated rings. The van der Waals surface area contributed by atoms with Crippen LogP contribution in [0.25, 0.3) is 0 Å². The van der Waals surface area contributed by atoms with Crippen molar-refractivity contribution in [2.45, 2.75) is 12.6 Å². The molecule has 1 aromatic heterocycles. The highest BCUT2D eigenvalue weighted by Gasteiger charge is 2.32. The molecule has 0 saturated carbocycles. The van der Waals surface area contributed by atoms with E-state index in [1.165, 1.54) is 19.5 Å². The van der Waals surface area contributed by atoms with E-state index in [1.54, 1.807) is 0 Å². The van der Waals surface area contributed by atoms with Crippen LogP contribution in [0.5, 0.6) is 0 Å². The fourth-order valence-corrected chi connectivity index (χ4v) is 2.41. The molecule has 0 spiro atoms. The van der Waals surface area contributed by atoms with Gasteiger partial charge in [0.25, 0.3) is 0 Å². The Morgan fingerprint density at radius 1 is 1.38 bits per heavy atom. The van der Waals surface area contributed by atoms with Crippen LogP contribution in [0.2, 0.25) is 0 Å². The van der Waals surface area contributed by atoms with Crippen molar-refractivity contribution in [3.05, 3.63) is 12.2 Å². The van der Waals surface area contributed by atoms with Gasteiger partial charge < -0.3 is 9.84 Å². The summed E-state index contributed by atoms with van der Waals surface area (Å²) in [7, 11) is 0. The van der Waals surface area contributed by atoms with Gasteiger partial charge in [-0.1, -0.05) is 5.16 Å². The number of hydrogen-bond acceptors (Lipinski definition) is 6. The van der Waals surface area contributed by atoms with Crippen LogP contribution < -0.4 is 5.32 Å². The Morgan fingerprint density at radius 3 is 2.88 bits per heavy atom. The van der Waals surface area contributed by atoms with E-state index < -0.39 is 0 Å². The number of nitrogens with one attached hydrogen (secondary N) is 1. The maximum atomic E-state index is 4.72. The molecule has 3 heterocycles. The number of aromatic nitrogens is 2. The maximum Gasteiger partial charge on any atom is 0.213 e. The van der Waals surface area contributed by atoms with Gasteiger partial charge in [-0.15, -0.1) is 0 Å². The van der Waals surface area contributed by atoms with Crippen LogP contribution in [-0.2, 0) is 6.54 Å². The smallest absolute Gasteiger partial charge is 0.213 e. The summed E-state index contributed by atoms with van der Waals surface area (Å²) in [6, 6.07) is 0.731. The molecule has 0 aliphatic carbocycles. The lowest BCUT2D eigenvalue weighted by atomic mass is 10.1. The van der Waals surface area contributed by atoms with Gasteiger partial charge in [0.2, 0.25) is 6.39 Å². The number of nitrogens with zero attached hydrogens (tertiary/aromatic N) is 4. The fourth-order valence-electron chi connectivity index (χ4n) is 2.41. The van der Waals surface area contributed by atoms with Crippen molar-refractivity contribution in [2.75, 3.05) is 39.3 Å². The fraction of sp³-hybridized carbons (Fsp3) is 0.800. The predicted molar refractivity (Wildman–Crippen MR) is 57.8 cm³/mol. The first-order valence-electron chi connectivity index (χ1n) is 5.84. The highest BCUT2D eigenvalue weighted by atomic mass is 16.5. The zero-order chi connectivity index (χ0) is 10.8. The van der Waals surface area contributed by atoms with E-state index in [2.05, 4.69) is 25.3 Å². The minimum absolute atomic E-state index is 0.731. The monoisotopic (exact) mass is 223 g/mol. The topological polar surface area (TPSA) is 57.4 Å². The summed E-state index contributed by atoms with van der Waals surface area (Å²) in [5, 5.41) is 7.20. The minimum Gasteiger partial charge on any atom is -0.343 e. The summed E-state index contributed by atoms with van der Waals surface area (Å²) < 4.78 is 4.72. The Balaban J connectivity index is 1.44. The zero-order valence-electron chi connectivity index (χ0n) is 9.30. The standard InChI is InChI=1S/C10H17N5O/c1-3-15(4-2-11-1)9-5-14(6-9)7-10-12-8-16-13-10/h8-9,11H,1-7H2. The van der Waals surface area contributed by atoms with Crippen molar-refractivity contribution in [3.63, 3.8) is 0 Å². The van der Waals surface area contributed by atoms with Crippen molar-refractivity contribution in [1.82, 2.24) is 25.3 Å². The maximum absolute atomic E-state index is 4.72. The van der Waals surface area contributed by atoms with E-state index in [0.29, 0.717) is 0 Å². The summed E-state index contributed by atoms with van der Waals surface area (Å²) in [5.41, 5.74) is 0. The first-order valence-corrected chi connectivity index (χ1v) is 5.84. The molecule has 6 heteroatoms. The third-order valence-electron chi connectivity index (χ3n) is 3.38. The Morgan fingerprint density at radius 2 is 2.19 bits per heavy atom. The molecule has 0 radical (unpaired) electrons. The molecule has 2 aliphatic heterocycles. The zero-order valence-corrected chi connectivity index (χ0v) is 9.30. The lowest BCUT2D eigenvalue weighted by molar-refractivity contribution is 0.0204. The molecule has 0 unspecified atom stereocenters. The lowest BCUT2D eigenvalue weighted by Gasteiger charge is -2.46. The normalized spacial score (nSPS) is 24.5. The molecule has 0 amide bonds. The van der Waals surface area contributed by atoms with E-state index in [1.807, 2.05) is 0 Å². The summed E-state index contributed by atoms with van der Waals surface area (Å²) >= 11 is 0. The van der Waals surface area contributed by atoms with Gasteiger partial charge >= 0.3 is 0 Å². The van der Waals surface area contributed by atoms with E-state index in [4.69, 9.17) is 4.52 Å². The third-order valence-corrected chi connectivity index (χ3v) is 3.38. The average molecular weight is 223 g/mol. The van der Waals surface area contributed by atoms with Crippen LogP contribution in [0.1, 0.15) is 5.82 Å². The molecule has 0 aromatic carbocycles. The second-order valence-electron chi connectivity index (χ2n) is 4.48. The Labute approximate surface area is 94.6 Å². The second-order valence-corrected chi connectivity index (χ2v) is 4.48. The first-order chi connectivity index (χ1) is 7.92. The quantitative estimate of drug-likeness (QED) is 0.721. The summed E-state index contributed by atoms with van der Waals surface area (Å²) in [5.74, 6) is 0.791. The number of hydrogen-bond donors (Lipinski definition) is 1. The molecule has 3 rings (SSSR count). The Kier molecular flexibility index (Phi) is 2.86. The summed E-state index contributed by atoms with van der Waals surface area (Å²) in [6.07, 6.45) is 1.39. The number of rotatable bonds is 3. The number of piperazine rings is 1. The van der Waals surface area contributed by atoms with Crippen LogP contribution in [0.4, 0.5) is 0 Å². The molecule has 16 heavy (non-hydrogen) atoms. The highest BCUT2D eigenvalue weighted by Crippen LogP contribution is 2.16. The van der Waals surface area contributed by atoms with Crippen molar-refractivity contribution in [3.8, 4) is 0 Å². The molecule has 6 nitrogen and oxygen atoms in total. The Bertz CT molecular complexity index is 316. The van der Waals surface area contributed by atoms with Crippen LogP contribution >= 0.6 is 0 Å². The second kappa shape index (κ2) is 4.48. The van der Waals surface area contributed by atoms with Crippen LogP contribution in [-0.4, -0.2) is 65.3 Å². The molecule has 0 bridgehead atoms. The van der Waals surface area contributed by atoms with Gasteiger partial charge in [0.1, 0.15) is 0 Å². The van der Waals surface area contributed by atoms with E-state index in [0.717, 1.165) is 44.6 Å². The van der Waals surface area contributed by atoms with Crippen molar-refractivity contribution in [2.24, 2.45) is 0 Å².